The molecule has 0 aliphatic rings. The predicted molar refractivity (Wildman–Crippen MR) is 80.4 cm³/mol. The summed E-state index contributed by atoms with van der Waals surface area (Å²) in [6, 6.07) is 3.15. The van der Waals surface area contributed by atoms with Crippen LogP contribution in [0.2, 0.25) is 0 Å². The second kappa shape index (κ2) is 5.78. The molecular weight excluding hydrogens is 429 g/mol. The predicted octanol–water partition coefficient (Wildman–Crippen LogP) is 3.85. The van der Waals surface area contributed by atoms with Gasteiger partial charge < -0.3 is 4.74 Å². The van der Waals surface area contributed by atoms with Crippen LogP contribution in [0.3, 0.4) is 0 Å². The maximum absolute atomic E-state index is 11.1. The van der Waals surface area contributed by atoms with Crippen molar-refractivity contribution < 1.29 is 9.66 Å². The summed E-state index contributed by atoms with van der Waals surface area (Å²) in [6.07, 6.45) is 2.90. The molecule has 0 fully saturated rings. The van der Waals surface area contributed by atoms with Gasteiger partial charge >= 0.3 is 5.69 Å². The van der Waals surface area contributed by atoms with Gasteiger partial charge in [0.2, 0.25) is 11.6 Å². The van der Waals surface area contributed by atoms with Crippen molar-refractivity contribution in [1.29, 1.82) is 0 Å². The average Bonchev–Trinajstić information content (AvgIpc) is 2.34. The maximum atomic E-state index is 11.1. The number of benzene rings is 1. The Morgan fingerprint density at radius 1 is 1.47 bits per heavy atom. The zero-order valence-electron chi connectivity index (χ0n) is 9.63. The Labute approximate surface area is 130 Å². The summed E-state index contributed by atoms with van der Waals surface area (Å²) in [7, 11) is 0. The van der Waals surface area contributed by atoms with Crippen molar-refractivity contribution in [2.24, 2.45) is 0 Å². The highest BCUT2D eigenvalue weighted by Gasteiger charge is 2.20. The van der Waals surface area contributed by atoms with E-state index in [9.17, 15) is 10.1 Å². The van der Waals surface area contributed by atoms with Crippen LogP contribution in [0.4, 0.5) is 5.69 Å². The van der Waals surface area contributed by atoms with Gasteiger partial charge in [0.25, 0.3) is 0 Å². The first-order chi connectivity index (χ1) is 8.99. The molecule has 8 heteroatoms. The summed E-state index contributed by atoms with van der Waals surface area (Å²) in [4.78, 5) is 18.4. The Morgan fingerprint density at radius 3 is 2.84 bits per heavy atom. The quantitative estimate of drug-likeness (QED) is 0.415. The Kier molecular flexibility index (Phi) is 4.30. The summed E-state index contributed by atoms with van der Waals surface area (Å²) in [6.45, 7) is 1.74. The average molecular weight is 436 g/mol. The fraction of sp³-hybridized carbons (Fsp3) is 0.0909. The minimum absolute atomic E-state index is 0.110. The van der Waals surface area contributed by atoms with Crippen LogP contribution in [-0.4, -0.2) is 14.9 Å². The SMILES string of the molecule is Cc1cc(Br)cc([N+](=O)[O-])c1Oc1ncncc1I. The Morgan fingerprint density at radius 2 is 2.21 bits per heavy atom. The molecule has 0 aliphatic heterocycles. The molecule has 0 saturated heterocycles. The number of nitrogens with zero attached hydrogens (tertiary/aromatic N) is 3. The van der Waals surface area contributed by atoms with Crippen molar-refractivity contribution in [1.82, 2.24) is 9.97 Å². The highest BCUT2D eigenvalue weighted by Crippen LogP contribution is 2.37. The van der Waals surface area contributed by atoms with Crippen LogP contribution in [0.5, 0.6) is 11.6 Å². The standard InChI is InChI=1S/C11H7BrIN3O3/c1-6-2-7(12)3-9(16(17)18)10(6)19-11-8(13)4-14-5-15-11/h2-5H,1H3. The first kappa shape index (κ1) is 14.1. The largest absolute Gasteiger partial charge is 0.430 e. The molecule has 0 unspecified atom stereocenters. The van der Waals surface area contributed by atoms with Crippen LogP contribution in [0.1, 0.15) is 5.56 Å². The van der Waals surface area contributed by atoms with Crippen LogP contribution in [-0.2, 0) is 0 Å². The second-order valence-electron chi connectivity index (χ2n) is 3.61. The molecule has 0 atom stereocenters. The highest BCUT2D eigenvalue weighted by atomic mass is 127. The summed E-state index contributed by atoms with van der Waals surface area (Å²) < 4.78 is 6.87. The third-order valence-electron chi connectivity index (χ3n) is 2.25. The van der Waals surface area contributed by atoms with Gasteiger partial charge in [0.05, 0.1) is 8.49 Å². The number of halogens is 2. The van der Waals surface area contributed by atoms with Crippen LogP contribution in [0.15, 0.2) is 29.1 Å². The van der Waals surface area contributed by atoms with Crippen LogP contribution in [0, 0.1) is 20.6 Å². The van der Waals surface area contributed by atoms with E-state index in [1.165, 1.54) is 12.4 Å². The Balaban J connectivity index is 2.51. The lowest BCUT2D eigenvalue weighted by molar-refractivity contribution is -0.385. The third-order valence-corrected chi connectivity index (χ3v) is 3.45. The van der Waals surface area contributed by atoms with Crippen molar-refractivity contribution in [2.45, 2.75) is 6.92 Å². The van der Waals surface area contributed by atoms with E-state index < -0.39 is 4.92 Å². The third kappa shape index (κ3) is 3.18. The van der Waals surface area contributed by atoms with E-state index in [4.69, 9.17) is 4.74 Å². The lowest BCUT2D eigenvalue weighted by Gasteiger charge is -2.09. The molecule has 0 bridgehead atoms. The number of aromatic nitrogens is 2. The van der Waals surface area contributed by atoms with Gasteiger partial charge in [-0.3, -0.25) is 10.1 Å². The van der Waals surface area contributed by atoms with Crippen molar-refractivity contribution >= 4 is 44.2 Å². The number of ether oxygens (including phenoxy) is 1. The molecule has 98 valence electrons. The Bertz CT molecular complexity index is 651. The van der Waals surface area contributed by atoms with E-state index in [1.807, 2.05) is 22.6 Å². The maximum Gasteiger partial charge on any atom is 0.313 e. The van der Waals surface area contributed by atoms with Crippen LogP contribution >= 0.6 is 38.5 Å². The fourth-order valence-electron chi connectivity index (χ4n) is 1.45. The van der Waals surface area contributed by atoms with E-state index in [1.54, 1.807) is 19.2 Å². The number of hydrogen-bond donors (Lipinski definition) is 0. The van der Waals surface area contributed by atoms with Crippen molar-refractivity contribution in [3.05, 3.63) is 48.4 Å². The van der Waals surface area contributed by atoms with Gasteiger partial charge in [0.15, 0.2) is 0 Å². The molecular formula is C11H7BrIN3O3. The number of rotatable bonds is 3. The molecule has 2 aromatic rings. The molecule has 2 rings (SSSR count). The van der Waals surface area contributed by atoms with Crippen molar-refractivity contribution in [2.75, 3.05) is 0 Å². The molecule has 19 heavy (non-hydrogen) atoms. The molecule has 0 spiro atoms. The second-order valence-corrected chi connectivity index (χ2v) is 5.68. The number of nitro benzene ring substituents is 1. The molecule has 6 nitrogen and oxygen atoms in total. The van der Waals surface area contributed by atoms with E-state index in [2.05, 4.69) is 25.9 Å². The van der Waals surface area contributed by atoms with Crippen LogP contribution < -0.4 is 4.74 Å². The molecule has 1 aromatic carbocycles. The lowest BCUT2D eigenvalue weighted by atomic mass is 10.2. The molecule has 0 radical (unpaired) electrons. The van der Waals surface area contributed by atoms with Gasteiger partial charge in [-0.15, -0.1) is 0 Å². The Hall–Kier alpha value is -1.29. The van der Waals surface area contributed by atoms with Gasteiger partial charge in [0, 0.05) is 22.3 Å². The zero-order chi connectivity index (χ0) is 14.0. The first-order valence-electron chi connectivity index (χ1n) is 5.07. The molecule has 0 aliphatic carbocycles. The zero-order valence-corrected chi connectivity index (χ0v) is 13.4. The van der Waals surface area contributed by atoms with Gasteiger partial charge in [-0.05, 0) is 35.6 Å². The van der Waals surface area contributed by atoms with E-state index >= 15 is 0 Å². The molecule has 0 saturated carbocycles. The summed E-state index contributed by atoms with van der Waals surface area (Å²) in [5.41, 5.74) is 0.539. The highest BCUT2D eigenvalue weighted by molar-refractivity contribution is 14.1. The van der Waals surface area contributed by atoms with Gasteiger partial charge in [-0.2, -0.15) is 0 Å². The summed E-state index contributed by atoms with van der Waals surface area (Å²) in [5, 5.41) is 11.1. The van der Waals surface area contributed by atoms with Crippen LogP contribution in [0.25, 0.3) is 0 Å². The topological polar surface area (TPSA) is 78.2 Å². The monoisotopic (exact) mass is 435 g/mol. The molecule has 1 heterocycles. The minimum Gasteiger partial charge on any atom is -0.430 e. The lowest BCUT2D eigenvalue weighted by Crippen LogP contribution is -1.98. The minimum atomic E-state index is -0.485. The fourth-order valence-corrected chi connectivity index (χ4v) is 2.42. The van der Waals surface area contributed by atoms with Gasteiger partial charge in [-0.1, -0.05) is 15.9 Å². The van der Waals surface area contributed by atoms with Crippen molar-refractivity contribution in [3.63, 3.8) is 0 Å². The smallest absolute Gasteiger partial charge is 0.313 e. The summed E-state index contributed by atoms with van der Waals surface area (Å²) in [5.74, 6) is 0.480. The van der Waals surface area contributed by atoms with Gasteiger partial charge in [-0.25, -0.2) is 9.97 Å². The van der Waals surface area contributed by atoms with Crippen molar-refractivity contribution in [3.8, 4) is 11.6 Å². The number of hydrogen-bond acceptors (Lipinski definition) is 5. The van der Waals surface area contributed by atoms with E-state index in [0.717, 1.165) is 0 Å². The normalized spacial score (nSPS) is 10.3. The van der Waals surface area contributed by atoms with E-state index in [-0.39, 0.29) is 11.4 Å². The molecule has 1 aromatic heterocycles. The van der Waals surface area contributed by atoms with E-state index in [0.29, 0.717) is 19.5 Å². The number of nitro groups is 1. The first-order valence-corrected chi connectivity index (χ1v) is 6.94. The molecule has 0 N–H and O–H groups in total. The molecule has 0 amide bonds. The van der Waals surface area contributed by atoms with Gasteiger partial charge in [0.1, 0.15) is 6.33 Å². The summed E-state index contributed by atoms with van der Waals surface area (Å²) >= 11 is 5.23. The number of aryl methyl sites for hydroxylation is 1.